The molecule has 0 heterocycles. The van der Waals surface area contributed by atoms with Gasteiger partial charge in [0.15, 0.2) is 5.78 Å². The Kier molecular flexibility index (Phi) is 11.9. The number of hydrogen-bond acceptors (Lipinski definition) is 6. The van der Waals surface area contributed by atoms with Crippen LogP contribution in [0.25, 0.3) is 11.1 Å². The molecule has 0 bridgehead atoms. The Labute approximate surface area is 258 Å². The molecule has 0 aliphatic heterocycles. The molecule has 3 amide bonds. The summed E-state index contributed by atoms with van der Waals surface area (Å²) >= 11 is 0. The van der Waals surface area contributed by atoms with Crippen LogP contribution in [0.1, 0.15) is 55.7 Å². The zero-order valence-electron chi connectivity index (χ0n) is 25.4. The highest BCUT2D eigenvalue weighted by molar-refractivity contribution is 5.86. The summed E-state index contributed by atoms with van der Waals surface area (Å²) in [5.41, 5.74) is 5.34. The fourth-order valence-corrected chi connectivity index (χ4v) is 5.38. The third kappa shape index (κ3) is 8.92. The number of nitrogens with one attached hydrogen (secondary N) is 2. The van der Waals surface area contributed by atoms with Crippen LogP contribution in [-0.4, -0.2) is 61.6 Å². The number of benzene rings is 3. The maximum Gasteiger partial charge on any atom is 0.407 e. The van der Waals surface area contributed by atoms with Gasteiger partial charge in [0.2, 0.25) is 5.91 Å². The van der Waals surface area contributed by atoms with Gasteiger partial charge in [0.05, 0.1) is 6.54 Å². The van der Waals surface area contributed by atoms with Crippen molar-refractivity contribution in [3.63, 3.8) is 0 Å². The average Bonchev–Trinajstić information content (AvgIpc) is 3.38. The molecule has 0 saturated carbocycles. The molecular formula is C35H41N3O6. The van der Waals surface area contributed by atoms with E-state index in [9.17, 15) is 19.2 Å². The molecule has 3 aromatic carbocycles. The second-order valence-electron chi connectivity index (χ2n) is 10.9. The number of amides is 3. The standard InChI is InChI=1S/C35H41N3O6/c1-3-25(4-2)22-38(19-18-27(39)20-36-34(41)43-23-26-12-6-5-7-13-26)33(40)21-37-35(42)44-24-32-30-16-10-8-14-28(30)29-15-9-11-17-31(29)32/h5-17,25,32H,3-4,18-24H2,1-2H3,(H,36,41)(H,37,42). The molecule has 0 aromatic heterocycles. The number of alkyl carbamates (subject to hydrolysis) is 2. The van der Waals surface area contributed by atoms with Gasteiger partial charge >= 0.3 is 12.2 Å². The van der Waals surface area contributed by atoms with E-state index in [2.05, 4.69) is 36.6 Å². The lowest BCUT2D eigenvalue weighted by molar-refractivity contribution is -0.131. The lowest BCUT2D eigenvalue weighted by Crippen LogP contribution is -2.44. The molecule has 232 valence electrons. The van der Waals surface area contributed by atoms with Gasteiger partial charge in [-0.15, -0.1) is 0 Å². The molecule has 9 nitrogen and oxygen atoms in total. The molecule has 3 aromatic rings. The van der Waals surface area contributed by atoms with E-state index in [1.807, 2.05) is 66.7 Å². The Bertz CT molecular complexity index is 1380. The van der Waals surface area contributed by atoms with Gasteiger partial charge < -0.3 is 25.0 Å². The predicted octanol–water partition coefficient (Wildman–Crippen LogP) is 5.68. The minimum Gasteiger partial charge on any atom is -0.449 e. The van der Waals surface area contributed by atoms with Crippen LogP contribution >= 0.6 is 0 Å². The van der Waals surface area contributed by atoms with Crippen LogP contribution in [0.15, 0.2) is 78.9 Å². The van der Waals surface area contributed by atoms with Gasteiger partial charge in [-0.25, -0.2) is 9.59 Å². The van der Waals surface area contributed by atoms with Gasteiger partial charge in [0.1, 0.15) is 19.8 Å². The van der Waals surface area contributed by atoms with Gasteiger partial charge in [-0.1, -0.05) is 106 Å². The first kappa shape index (κ1) is 32.3. The van der Waals surface area contributed by atoms with E-state index in [0.29, 0.717) is 6.54 Å². The van der Waals surface area contributed by atoms with E-state index in [-0.39, 0.29) is 62.8 Å². The molecule has 0 atom stereocenters. The third-order valence-corrected chi connectivity index (χ3v) is 8.02. The fraction of sp³-hybridized carbons (Fsp3) is 0.371. The molecule has 0 radical (unpaired) electrons. The monoisotopic (exact) mass is 599 g/mol. The molecule has 1 aliphatic carbocycles. The normalized spacial score (nSPS) is 11.8. The van der Waals surface area contributed by atoms with Crippen LogP contribution in [0.3, 0.4) is 0 Å². The third-order valence-electron chi connectivity index (χ3n) is 8.02. The molecule has 1 aliphatic rings. The maximum absolute atomic E-state index is 13.2. The Balaban J connectivity index is 1.23. The van der Waals surface area contributed by atoms with Gasteiger partial charge in [-0.05, 0) is 33.7 Å². The number of carbonyl (C=O) groups is 4. The highest BCUT2D eigenvalue weighted by Gasteiger charge is 2.29. The summed E-state index contributed by atoms with van der Waals surface area (Å²) in [6.45, 7) is 4.59. The first-order chi connectivity index (χ1) is 21.4. The van der Waals surface area contributed by atoms with Gasteiger partial charge in [0.25, 0.3) is 0 Å². The maximum atomic E-state index is 13.2. The molecule has 4 rings (SSSR count). The Morgan fingerprint density at radius 2 is 1.32 bits per heavy atom. The highest BCUT2D eigenvalue weighted by Crippen LogP contribution is 2.44. The Morgan fingerprint density at radius 1 is 0.750 bits per heavy atom. The number of fused-ring (bicyclic) bond motifs is 3. The molecular weight excluding hydrogens is 558 g/mol. The topological polar surface area (TPSA) is 114 Å². The van der Waals surface area contributed by atoms with E-state index in [4.69, 9.17) is 9.47 Å². The fourth-order valence-electron chi connectivity index (χ4n) is 5.38. The average molecular weight is 600 g/mol. The summed E-state index contributed by atoms with van der Waals surface area (Å²) in [4.78, 5) is 51.9. The summed E-state index contributed by atoms with van der Waals surface area (Å²) < 4.78 is 10.7. The SMILES string of the molecule is CCC(CC)CN(CCC(=O)CNC(=O)OCc1ccccc1)C(=O)CNC(=O)OCC1c2ccccc2-c2ccccc21. The van der Waals surface area contributed by atoms with Crippen molar-refractivity contribution in [2.45, 2.75) is 45.6 Å². The number of nitrogens with zero attached hydrogens (tertiary/aromatic N) is 1. The van der Waals surface area contributed by atoms with Crippen molar-refractivity contribution < 1.29 is 28.7 Å². The van der Waals surface area contributed by atoms with Crippen molar-refractivity contribution in [3.05, 3.63) is 95.6 Å². The van der Waals surface area contributed by atoms with Crippen LogP contribution in [0, 0.1) is 5.92 Å². The molecule has 0 saturated heterocycles. The Morgan fingerprint density at radius 3 is 1.95 bits per heavy atom. The second-order valence-corrected chi connectivity index (χ2v) is 10.9. The lowest BCUT2D eigenvalue weighted by atomic mass is 9.98. The van der Waals surface area contributed by atoms with E-state index < -0.39 is 12.2 Å². The molecule has 2 N–H and O–H groups in total. The summed E-state index contributed by atoms with van der Waals surface area (Å²) in [6, 6.07) is 25.4. The molecule has 0 fully saturated rings. The van der Waals surface area contributed by atoms with Crippen molar-refractivity contribution in [2.75, 3.05) is 32.8 Å². The smallest absolute Gasteiger partial charge is 0.407 e. The van der Waals surface area contributed by atoms with Gasteiger partial charge in [-0.2, -0.15) is 0 Å². The summed E-state index contributed by atoms with van der Waals surface area (Å²) in [6.07, 6.45) is 0.470. The molecule has 44 heavy (non-hydrogen) atoms. The van der Waals surface area contributed by atoms with Crippen molar-refractivity contribution in [2.24, 2.45) is 5.92 Å². The first-order valence-electron chi connectivity index (χ1n) is 15.2. The quantitative estimate of drug-likeness (QED) is 0.233. The minimum atomic E-state index is -0.681. The number of rotatable bonds is 15. The van der Waals surface area contributed by atoms with Gasteiger partial charge in [0, 0.05) is 25.4 Å². The summed E-state index contributed by atoms with van der Waals surface area (Å²) in [7, 11) is 0. The first-order valence-corrected chi connectivity index (χ1v) is 15.2. The number of Topliss-reactive ketones (excluding diaryl/α,β-unsaturated/α-hetero) is 1. The second kappa shape index (κ2) is 16.3. The molecule has 0 spiro atoms. The zero-order valence-corrected chi connectivity index (χ0v) is 25.4. The van der Waals surface area contributed by atoms with Gasteiger partial charge in [-0.3, -0.25) is 9.59 Å². The summed E-state index contributed by atoms with van der Waals surface area (Å²) in [5, 5.41) is 5.06. The zero-order chi connectivity index (χ0) is 31.3. The minimum absolute atomic E-state index is 0.0653. The van der Waals surface area contributed by atoms with Crippen molar-refractivity contribution in [1.82, 2.24) is 15.5 Å². The van der Waals surface area contributed by atoms with E-state index in [0.717, 1.165) is 40.7 Å². The van der Waals surface area contributed by atoms with Crippen LogP contribution in [0.4, 0.5) is 9.59 Å². The van der Waals surface area contributed by atoms with Crippen LogP contribution in [0.5, 0.6) is 0 Å². The van der Waals surface area contributed by atoms with E-state index in [1.54, 1.807) is 4.90 Å². The van der Waals surface area contributed by atoms with Crippen molar-refractivity contribution >= 4 is 23.9 Å². The number of hydrogen-bond donors (Lipinski definition) is 2. The molecule has 9 heteroatoms. The molecule has 0 unspecified atom stereocenters. The highest BCUT2D eigenvalue weighted by atomic mass is 16.6. The Hall–Kier alpha value is -4.66. The predicted molar refractivity (Wildman–Crippen MR) is 168 cm³/mol. The van der Waals surface area contributed by atoms with Crippen molar-refractivity contribution in [1.29, 1.82) is 0 Å². The van der Waals surface area contributed by atoms with Crippen LogP contribution in [-0.2, 0) is 25.7 Å². The largest absolute Gasteiger partial charge is 0.449 e. The van der Waals surface area contributed by atoms with E-state index in [1.165, 1.54) is 0 Å². The van der Waals surface area contributed by atoms with E-state index >= 15 is 0 Å². The lowest BCUT2D eigenvalue weighted by Gasteiger charge is -2.27. The number of carbonyl (C=O) groups excluding carboxylic acids is 4. The van der Waals surface area contributed by atoms with Crippen LogP contribution < -0.4 is 10.6 Å². The van der Waals surface area contributed by atoms with Crippen LogP contribution in [0.2, 0.25) is 0 Å². The number of ether oxygens (including phenoxy) is 2. The summed E-state index contributed by atoms with van der Waals surface area (Å²) in [5.74, 6) is -0.345. The number of ketones is 1. The van der Waals surface area contributed by atoms with Crippen molar-refractivity contribution in [3.8, 4) is 11.1 Å².